The molecule has 0 saturated carbocycles. The highest BCUT2D eigenvalue weighted by atomic mass is 28.3. The summed E-state index contributed by atoms with van der Waals surface area (Å²) in [4.78, 5) is 0. The van der Waals surface area contributed by atoms with E-state index in [4.69, 9.17) is 0 Å². The molecule has 0 spiro atoms. The maximum Gasteiger partial charge on any atom is 0.179 e. The summed E-state index contributed by atoms with van der Waals surface area (Å²) in [6.07, 6.45) is 0. The van der Waals surface area contributed by atoms with E-state index >= 15 is 0 Å². The smallest absolute Gasteiger partial charge is 0.179 e. The molecule has 0 aliphatic heterocycles. The van der Waals surface area contributed by atoms with Crippen molar-refractivity contribution in [2.45, 2.75) is 0 Å². The second kappa shape index (κ2) is 12.0. The lowest BCUT2D eigenvalue weighted by Crippen LogP contribution is -2.74. The zero-order chi connectivity index (χ0) is 32.5. The molecular weight excluding hydrogens is 599 g/mol. The Balaban J connectivity index is 1.32. The van der Waals surface area contributed by atoms with Gasteiger partial charge in [0.05, 0.1) is 34.3 Å². The van der Waals surface area contributed by atoms with Crippen molar-refractivity contribution in [1.29, 1.82) is 10.5 Å². The summed E-state index contributed by atoms with van der Waals surface area (Å²) < 4.78 is 2.15. The van der Waals surface area contributed by atoms with Gasteiger partial charge in [-0.05, 0) is 50.6 Å². The van der Waals surface area contributed by atoms with Crippen molar-refractivity contribution in [2.75, 3.05) is 0 Å². The van der Waals surface area contributed by atoms with Crippen LogP contribution in [0.25, 0.3) is 38.6 Å². The lowest BCUT2D eigenvalue weighted by atomic mass is 9.94. The SMILES string of the molecule is N#Cc1cc(-n2c3ccccc3c3ccccc32)cc(C#N)c1-c1ccc([Si](c2ccccc2)(c2ccccc2)c2ccccc2)cc1. The molecule has 0 atom stereocenters. The maximum absolute atomic E-state index is 10.5. The quantitative estimate of drug-likeness (QED) is 0.141. The summed E-state index contributed by atoms with van der Waals surface area (Å²) in [6, 6.07) is 66.2. The molecule has 8 rings (SSSR count). The topological polar surface area (TPSA) is 52.5 Å². The van der Waals surface area contributed by atoms with Crippen LogP contribution in [0.15, 0.2) is 176 Å². The maximum atomic E-state index is 10.5. The van der Waals surface area contributed by atoms with Gasteiger partial charge in [0.2, 0.25) is 0 Å². The number of nitrogens with zero attached hydrogens (tertiary/aromatic N) is 3. The standard InChI is InChI=1S/C44H29N3Si/c45-30-33-28-35(47-42-22-12-10-20-40(42)41-21-11-13-23-43(41)47)29-34(31-46)44(33)32-24-26-39(27-25-32)48(36-14-4-1-5-15-36,37-16-6-2-7-17-37)38-18-8-3-9-19-38/h1-29H. The molecule has 224 valence electrons. The number of benzene rings is 7. The van der Waals surface area contributed by atoms with Gasteiger partial charge in [0.1, 0.15) is 0 Å². The Morgan fingerprint density at radius 3 is 1.21 bits per heavy atom. The predicted octanol–water partition coefficient (Wildman–Crippen LogP) is 7.57. The van der Waals surface area contributed by atoms with E-state index in [2.05, 4.69) is 156 Å². The third kappa shape index (κ3) is 4.55. The molecular formula is C44H29N3Si. The van der Waals surface area contributed by atoms with Crippen molar-refractivity contribution in [3.63, 3.8) is 0 Å². The number of hydrogen-bond acceptors (Lipinski definition) is 2. The van der Waals surface area contributed by atoms with Gasteiger partial charge in [0.15, 0.2) is 8.07 Å². The molecule has 0 amide bonds. The van der Waals surface area contributed by atoms with Crippen molar-refractivity contribution in [3.8, 4) is 29.0 Å². The van der Waals surface area contributed by atoms with E-state index < -0.39 is 8.07 Å². The van der Waals surface area contributed by atoms with E-state index in [9.17, 15) is 10.5 Å². The Morgan fingerprint density at radius 1 is 0.417 bits per heavy atom. The Hall–Kier alpha value is -6.46. The van der Waals surface area contributed by atoms with Gasteiger partial charge >= 0.3 is 0 Å². The molecule has 0 N–H and O–H groups in total. The van der Waals surface area contributed by atoms with Crippen molar-refractivity contribution < 1.29 is 0 Å². The van der Waals surface area contributed by atoms with Gasteiger partial charge in [-0.15, -0.1) is 0 Å². The fraction of sp³-hybridized carbons (Fsp3) is 0. The van der Waals surface area contributed by atoms with E-state index in [-0.39, 0.29) is 0 Å². The van der Waals surface area contributed by atoms with Gasteiger partial charge in [0.25, 0.3) is 0 Å². The van der Waals surface area contributed by atoms with E-state index in [1.54, 1.807) is 0 Å². The Bertz CT molecular complexity index is 2320. The average molecular weight is 628 g/mol. The van der Waals surface area contributed by atoms with Gasteiger partial charge in [-0.25, -0.2) is 0 Å². The third-order valence-corrected chi connectivity index (χ3v) is 14.2. The van der Waals surface area contributed by atoms with Gasteiger partial charge in [0, 0.05) is 22.0 Å². The van der Waals surface area contributed by atoms with Crippen LogP contribution in [-0.2, 0) is 0 Å². The summed E-state index contributed by atoms with van der Waals surface area (Å²) in [6.45, 7) is 0. The van der Waals surface area contributed by atoms with Crippen molar-refractivity contribution in [1.82, 2.24) is 4.57 Å². The lowest BCUT2D eigenvalue weighted by Gasteiger charge is -2.34. The molecule has 3 nitrogen and oxygen atoms in total. The zero-order valence-electron chi connectivity index (χ0n) is 26.1. The van der Waals surface area contributed by atoms with E-state index in [1.165, 1.54) is 20.7 Å². The average Bonchev–Trinajstić information content (AvgIpc) is 3.51. The van der Waals surface area contributed by atoms with Gasteiger partial charge in [-0.3, -0.25) is 0 Å². The largest absolute Gasteiger partial charge is 0.309 e. The normalized spacial score (nSPS) is 11.3. The molecule has 0 radical (unpaired) electrons. The molecule has 8 aromatic rings. The Morgan fingerprint density at radius 2 is 0.792 bits per heavy atom. The first kappa shape index (κ1) is 29.0. The first-order valence-corrected chi connectivity index (χ1v) is 18.0. The van der Waals surface area contributed by atoms with Crippen LogP contribution in [0.4, 0.5) is 0 Å². The highest BCUT2D eigenvalue weighted by molar-refractivity contribution is 7.19. The van der Waals surface area contributed by atoms with Gasteiger partial charge in [-0.2, -0.15) is 10.5 Å². The van der Waals surface area contributed by atoms with Crippen molar-refractivity contribution in [3.05, 3.63) is 187 Å². The van der Waals surface area contributed by atoms with Crippen molar-refractivity contribution in [2.24, 2.45) is 0 Å². The predicted molar refractivity (Wildman–Crippen MR) is 199 cm³/mol. The number of rotatable bonds is 6. The van der Waals surface area contributed by atoms with Gasteiger partial charge in [-0.1, -0.05) is 152 Å². The minimum absolute atomic E-state index is 0.469. The molecule has 48 heavy (non-hydrogen) atoms. The van der Waals surface area contributed by atoms with Crippen LogP contribution in [0.2, 0.25) is 0 Å². The molecule has 0 aliphatic rings. The molecule has 0 saturated heterocycles. The summed E-state index contributed by atoms with van der Waals surface area (Å²) in [7, 11) is -2.70. The van der Waals surface area contributed by atoms with Crippen LogP contribution in [0.3, 0.4) is 0 Å². The van der Waals surface area contributed by atoms with Crippen LogP contribution in [-0.4, -0.2) is 12.6 Å². The number of aromatic nitrogens is 1. The molecule has 7 aromatic carbocycles. The Kier molecular flexibility index (Phi) is 7.27. The first-order valence-electron chi connectivity index (χ1n) is 16.0. The highest BCUT2D eigenvalue weighted by Crippen LogP contribution is 2.35. The molecule has 1 heterocycles. The molecule has 4 heteroatoms. The summed E-state index contributed by atoms with van der Waals surface area (Å²) >= 11 is 0. The number of para-hydroxylation sites is 2. The molecule has 1 aromatic heterocycles. The first-order chi connectivity index (χ1) is 23.7. The van der Waals surface area contributed by atoms with Crippen LogP contribution in [0.5, 0.6) is 0 Å². The van der Waals surface area contributed by atoms with E-state index in [0.717, 1.165) is 33.1 Å². The minimum atomic E-state index is -2.70. The number of hydrogen-bond donors (Lipinski definition) is 0. The fourth-order valence-electron chi connectivity index (χ4n) is 7.40. The molecule has 0 bridgehead atoms. The van der Waals surface area contributed by atoms with Gasteiger partial charge < -0.3 is 4.57 Å². The zero-order valence-corrected chi connectivity index (χ0v) is 27.1. The third-order valence-electron chi connectivity index (χ3n) is 9.43. The minimum Gasteiger partial charge on any atom is -0.309 e. The fourth-order valence-corrected chi connectivity index (χ4v) is 12.1. The van der Waals surface area contributed by atoms with Crippen LogP contribution < -0.4 is 20.7 Å². The van der Waals surface area contributed by atoms with E-state index in [0.29, 0.717) is 16.7 Å². The van der Waals surface area contributed by atoms with Crippen LogP contribution >= 0.6 is 0 Å². The monoisotopic (exact) mass is 627 g/mol. The molecule has 0 unspecified atom stereocenters. The molecule has 0 aliphatic carbocycles. The summed E-state index contributed by atoms with van der Waals surface area (Å²) in [5, 5.41) is 28.4. The van der Waals surface area contributed by atoms with Crippen LogP contribution in [0, 0.1) is 22.7 Å². The summed E-state index contributed by atoms with van der Waals surface area (Å²) in [5.74, 6) is 0. The number of nitriles is 2. The highest BCUT2D eigenvalue weighted by Gasteiger charge is 2.41. The summed E-state index contributed by atoms with van der Waals surface area (Å²) in [5.41, 5.74) is 5.30. The lowest BCUT2D eigenvalue weighted by molar-refractivity contribution is 1.17. The molecule has 0 fully saturated rings. The van der Waals surface area contributed by atoms with E-state index in [1.807, 2.05) is 36.4 Å². The van der Waals surface area contributed by atoms with Crippen molar-refractivity contribution >= 4 is 50.6 Å². The number of fused-ring (bicyclic) bond motifs is 3. The second-order valence-electron chi connectivity index (χ2n) is 11.9. The second-order valence-corrected chi connectivity index (χ2v) is 15.7. The van der Waals surface area contributed by atoms with Crippen LogP contribution in [0.1, 0.15) is 11.1 Å². The Labute approximate surface area is 280 Å².